The van der Waals surface area contributed by atoms with Gasteiger partial charge in [0, 0.05) is 39.9 Å². The van der Waals surface area contributed by atoms with Crippen LogP contribution in [0.4, 0.5) is 0 Å². The van der Waals surface area contributed by atoms with E-state index in [0.29, 0.717) is 11.8 Å². The molecule has 1 fully saturated rings. The Labute approximate surface area is 153 Å². The number of piperidine rings is 1. The molecule has 4 heteroatoms. The third-order valence-electron chi connectivity index (χ3n) is 5.04. The standard InChI is InChI=1S/C21H35N3O/c1-4-22-21(23-14-9-6-10-16-25-3)24-15-13-20(18(2)17-24)19-11-7-5-8-12-19/h5,7-8,11-12,18,20H,4,6,9-10,13-17H2,1-3H3,(H,22,23). The minimum Gasteiger partial charge on any atom is -0.385 e. The highest BCUT2D eigenvalue weighted by molar-refractivity contribution is 5.80. The van der Waals surface area contributed by atoms with E-state index in [2.05, 4.69) is 54.4 Å². The summed E-state index contributed by atoms with van der Waals surface area (Å²) in [5.74, 6) is 2.39. The summed E-state index contributed by atoms with van der Waals surface area (Å²) in [5.41, 5.74) is 1.48. The van der Waals surface area contributed by atoms with Gasteiger partial charge in [-0.1, -0.05) is 37.3 Å². The van der Waals surface area contributed by atoms with Crippen LogP contribution in [0.2, 0.25) is 0 Å². The molecule has 0 bridgehead atoms. The topological polar surface area (TPSA) is 36.9 Å². The van der Waals surface area contributed by atoms with Crippen LogP contribution in [0.1, 0.15) is 51.0 Å². The van der Waals surface area contributed by atoms with Gasteiger partial charge in [-0.3, -0.25) is 4.99 Å². The molecule has 1 saturated heterocycles. The first kappa shape index (κ1) is 19.8. The fourth-order valence-electron chi connectivity index (χ4n) is 3.68. The van der Waals surface area contributed by atoms with Crippen molar-refractivity contribution in [2.75, 3.05) is 39.9 Å². The van der Waals surface area contributed by atoms with Crippen molar-refractivity contribution in [3.05, 3.63) is 35.9 Å². The Balaban J connectivity index is 1.87. The van der Waals surface area contributed by atoms with Crippen molar-refractivity contribution in [1.82, 2.24) is 10.2 Å². The molecule has 1 N–H and O–H groups in total. The summed E-state index contributed by atoms with van der Waals surface area (Å²) in [6, 6.07) is 11.0. The Bertz CT molecular complexity index is 503. The van der Waals surface area contributed by atoms with Gasteiger partial charge in [0.25, 0.3) is 0 Å². The number of aliphatic imine (C=N–C) groups is 1. The highest BCUT2D eigenvalue weighted by Crippen LogP contribution is 2.32. The zero-order valence-corrected chi connectivity index (χ0v) is 16.2. The van der Waals surface area contributed by atoms with Gasteiger partial charge in [-0.25, -0.2) is 0 Å². The summed E-state index contributed by atoms with van der Waals surface area (Å²) in [4.78, 5) is 7.30. The first-order valence-electron chi connectivity index (χ1n) is 9.83. The minimum absolute atomic E-state index is 0.640. The van der Waals surface area contributed by atoms with Gasteiger partial charge in [-0.15, -0.1) is 0 Å². The number of nitrogens with one attached hydrogen (secondary N) is 1. The van der Waals surface area contributed by atoms with Gasteiger partial charge in [0.1, 0.15) is 0 Å². The van der Waals surface area contributed by atoms with E-state index in [9.17, 15) is 0 Å². The number of unbranched alkanes of at least 4 members (excludes halogenated alkanes) is 2. The number of rotatable bonds is 8. The molecule has 0 saturated carbocycles. The molecule has 0 aliphatic carbocycles. The fraction of sp³-hybridized carbons (Fsp3) is 0.667. The molecular formula is C21H35N3O. The fourth-order valence-corrected chi connectivity index (χ4v) is 3.68. The maximum atomic E-state index is 5.11. The Hall–Kier alpha value is -1.55. The van der Waals surface area contributed by atoms with E-state index in [1.165, 1.54) is 18.4 Å². The summed E-state index contributed by atoms with van der Waals surface area (Å²) in [7, 11) is 1.77. The van der Waals surface area contributed by atoms with E-state index >= 15 is 0 Å². The summed E-state index contributed by atoms with van der Waals surface area (Å²) in [6.07, 6.45) is 4.64. The number of hydrogen-bond acceptors (Lipinski definition) is 2. The molecule has 1 aromatic carbocycles. The second-order valence-corrected chi connectivity index (χ2v) is 7.02. The highest BCUT2D eigenvalue weighted by atomic mass is 16.5. The van der Waals surface area contributed by atoms with Crippen molar-refractivity contribution in [3.63, 3.8) is 0 Å². The third kappa shape index (κ3) is 6.35. The van der Waals surface area contributed by atoms with Crippen molar-refractivity contribution in [2.24, 2.45) is 10.9 Å². The number of ether oxygens (including phenoxy) is 1. The smallest absolute Gasteiger partial charge is 0.193 e. The lowest BCUT2D eigenvalue weighted by Crippen LogP contribution is -2.48. The van der Waals surface area contributed by atoms with Gasteiger partial charge in [-0.2, -0.15) is 0 Å². The van der Waals surface area contributed by atoms with Gasteiger partial charge in [0.15, 0.2) is 5.96 Å². The van der Waals surface area contributed by atoms with Crippen LogP contribution >= 0.6 is 0 Å². The number of nitrogens with zero attached hydrogens (tertiary/aromatic N) is 2. The summed E-state index contributed by atoms with van der Waals surface area (Å²) < 4.78 is 5.11. The van der Waals surface area contributed by atoms with Crippen molar-refractivity contribution in [2.45, 2.75) is 45.4 Å². The molecule has 0 aromatic heterocycles. The maximum absolute atomic E-state index is 5.11. The van der Waals surface area contributed by atoms with Crippen LogP contribution in [0.3, 0.4) is 0 Å². The summed E-state index contributed by atoms with van der Waals surface area (Å²) >= 11 is 0. The highest BCUT2D eigenvalue weighted by Gasteiger charge is 2.28. The number of likely N-dealkylation sites (tertiary alicyclic amines) is 1. The SMILES string of the molecule is CCNC(=NCCCCCOC)N1CCC(c2ccccc2)C(C)C1. The molecule has 25 heavy (non-hydrogen) atoms. The number of benzene rings is 1. The van der Waals surface area contributed by atoms with Crippen molar-refractivity contribution in [1.29, 1.82) is 0 Å². The lowest BCUT2D eigenvalue weighted by Gasteiger charge is -2.39. The van der Waals surface area contributed by atoms with Crippen LogP contribution in [-0.2, 0) is 4.74 Å². The van der Waals surface area contributed by atoms with E-state index in [0.717, 1.165) is 51.6 Å². The summed E-state index contributed by atoms with van der Waals surface area (Å²) in [5, 5.41) is 3.48. The van der Waals surface area contributed by atoms with E-state index < -0.39 is 0 Å². The number of guanidine groups is 1. The van der Waals surface area contributed by atoms with Crippen LogP contribution in [0, 0.1) is 5.92 Å². The third-order valence-corrected chi connectivity index (χ3v) is 5.04. The number of hydrogen-bond donors (Lipinski definition) is 1. The first-order valence-corrected chi connectivity index (χ1v) is 9.83. The van der Waals surface area contributed by atoms with Crippen molar-refractivity contribution < 1.29 is 4.74 Å². The Morgan fingerprint density at radius 3 is 2.72 bits per heavy atom. The van der Waals surface area contributed by atoms with Gasteiger partial charge < -0.3 is 15.0 Å². The first-order chi connectivity index (χ1) is 12.3. The lowest BCUT2D eigenvalue weighted by atomic mass is 9.82. The molecule has 4 nitrogen and oxygen atoms in total. The normalized spacial score (nSPS) is 21.4. The van der Waals surface area contributed by atoms with Crippen molar-refractivity contribution >= 4 is 5.96 Å². The summed E-state index contributed by atoms with van der Waals surface area (Å²) in [6.45, 7) is 9.36. The second kappa shape index (κ2) is 11.1. The molecule has 0 spiro atoms. The Morgan fingerprint density at radius 2 is 2.04 bits per heavy atom. The quantitative estimate of drug-likeness (QED) is 0.441. The largest absolute Gasteiger partial charge is 0.385 e. The Morgan fingerprint density at radius 1 is 1.24 bits per heavy atom. The molecule has 2 atom stereocenters. The monoisotopic (exact) mass is 345 g/mol. The molecular weight excluding hydrogens is 310 g/mol. The van der Waals surface area contributed by atoms with Crippen LogP contribution in [0.25, 0.3) is 0 Å². The lowest BCUT2D eigenvalue weighted by molar-refractivity contribution is 0.192. The molecule has 2 rings (SSSR count). The minimum atomic E-state index is 0.640. The van der Waals surface area contributed by atoms with E-state index in [-0.39, 0.29) is 0 Å². The van der Waals surface area contributed by atoms with Crippen LogP contribution in [0.15, 0.2) is 35.3 Å². The molecule has 0 amide bonds. The predicted molar refractivity (Wildman–Crippen MR) is 106 cm³/mol. The maximum Gasteiger partial charge on any atom is 0.193 e. The van der Waals surface area contributed by atoms with Gasteiger partial charge in [-0.05, 0) is 50.0 Å². The number of methoxy groups -OCH3 is 1. The molecule has 1 aliphatic heterocycles. The molecule has 0 radical (unpaired) electrons. The molecule has 1 heterocycles. The van der Waals surface area contributed by atoms with Crippen LogP contribution in [-0.4, -0.2) is 50.8 Å². The van der Waals surface area contributed by atoms with Gasteiger partial charge >= 0.3 is 0 Å². The van der Waals surface area contributed by atoms with E-state index in [4.69, 9.17) is 9.73 Å². The van der Waals surface area contributed by atoms with E-state index in [1.807, 2.05) is 0 Å². The van der Waals surface area contributed by atoms with E-state index in [1.54, 1.807) is 7.11 Å². The average Bonchev–Trinajstić information content (AvgIpc) is 2.64. The van der Waals surface area contributed by atoms with Gasteiger partial charge in [0.2, 0.25) is 0 Å². The van der Waals surface area contributed by atoms with Crippen LogP contribution < -0.4 is 5.32 Å². The van der Waals surface area contributed by atoms with Crippen molar-refractivity contribution in [3.8, 4) is 0 Å². The zero-order valence-electron chi connectivity index (χ0n) is 16.2. The Kier molecular flexibility index (Phi) is 8.81. The molecule has 140 valence electrons. The molecule has 1 aromatic rings. The molecule has 2 unspecified atom stereocenters. The van der Waals surface area contributed by atoms with Crippen LogP contribution in [0.5, 0.6) is 0 Å². The average molecular weight is 346 g/mol. The predicted octanol–water partition coefficient (Wildman–Crippen LogP) is 3.89. The van der Waals surface area contributed by atoms with Gasteiger partial charge in [0.05, 0.1) is 0 Å². The zero-order chi connectivity index (χ0) is 17.9. The molecule has 1 aliphatic rings. The second-order valence-electron chi connectivity index (χ2n) is 7.02.